The van der Waals surface area contributed by atoms with Crippen LogP contribution in [0.4, 0.5) is 20.6 Å². The fraction of sp³-hybridized carbons (Fsp3) is 0.320. The third-order valence-electron chi connectivity index (χ3n) is 6.73. The monoisotopic (exact) mass is 494 g/mol. The van der Waals surface area contributed by atoms with Crippen LogP contribution < -0.4 is 21.1 Å². The first kappa shape index (κ1) is 22.1. The van der Waals surface area contributed by atoms with Gasteiger partial charge in [-0.05, 0) is 61.2 Å². The molecule has 3 aliphatic rings. The lowest BCUT2D eigenvalue weighted by Gasteiger charge is -2.20. The van der Waals surface area contributed by atoms with E-state index in [1.807, 2.05) is 12.1 Å². The van der Waals surface area contributed by atoms with E-state index < -0.39 is 6.09 Å². The third-order valence-corrected chi connectivity index (χ3v) is 7.80. The lowest BCUT2D eigenvalue weighted by molar-refractivity contribution is -0.113. The van der Waals surface area contributed by atoms with Crippen molar-refractivity contribution in [3.05, 3.63) is 64.2 Å². The molecule has 35 heavy (non-hydrogen) atoms. The highest BCUT2D eigenvalue weighted by Crippen LogP contribution is 2.36. The molecular formula is C25H23FN4O4S. The highest BCUT2D eigenvalue weighted by atomic mass is 32.2. The number of ether oxygens (including phenoxy) is 1. The Morgan fingerprint density at radius 3 is 2.86 bits per heavy atom. The Hall–Kier alpha value is -3.37. The number of halogens is 1. The maximum atomic E-state index is 14.6. The summed E-state index contributed by atoms with van der Waals surface area (Å²) in [6, 6.07) is 11.7. The summed E-state index contributed by atoms with van der Waals surface area (Å²) in [7, 11) is 0. The Bertz CT molecular complexity index is 1420. The van der Waals surface area contributed by atoms with Crippen molar-refractivity contribution in [1.82, 2.24) is 9.88 Å². The smallest absolute Gasteiger partial charge is 0.414 e. The lowest BCUT2D eigenvalue weighted by Crippen LogP contribution is -2.27. The van der Waals surface area contributed by atoms with Crippen LogP contribution in [0.1, 0.15) is 24.4 Å². The van der Waals surface area contributed by atoms with Crippen molar-refractivity contribution in [2.45, 2.75) is 36.4 Å². The maximum Gasteiger partial charge on any atom is 0.414 e. The van der Waals surface area contributed by atoms with E-state index in [2.05, 4.69) is 10.6 Å². The third kappa shape index (κ3) is 3.96. The number of nitrogens with one attached hydrogen (secondary N) is 2. The fourth-order valence-electron chi connectivity index (χ4n) is 5.08. The van der Waals surface area contributed by atoms with Gasteiger partial charge in [-0.2, -0.15) is 0 Å². The van der Waals surface area contributed by atoms with Gasteiger partial charge >= 0.3 is 6.09 Å². The van der Waals surface area contributed by atoms with Gasteiger partial charge in [0.05, 0.1) is 29.5 Å². The van der Waals surface area contributed by atoms with E-state index in [1.54, 1.807) is 27.7 Å². The van der Waals surface area contributed by atoms with Crippen LogP contribution in [0, 0.1) is 5.82 Å². The summed E-state index contributed by atoms with van der Waals surface area (Å²) in [6.07, 6.45) is 0.714. The summed E-state index contributed by atoms with van der Waals surface area (Å²) in [6.45, 7) is 1.42. The Morgan fingerprint density at radius 2 is 1.97 bits per heavy atom. The van der Waals surface area contributed by atoms with Gasteiger partial charge in [-0.3, -0.25) is 14.5 Å². The predicted octanol–water partition coefficient (Wildman–Crippen LogP) is 3.63. The standard InChI is InChI=1S/C25H23FN4O4S/c26-17-6-3-14-4-8-22(32)30-12-19(23(17)24(14)30)27-9-1-2-16-11-29(25(33)34-16)15-5-7-20-18(10-15)28-21(31)13-35-20/h3-8,10,16,19,27H,1-2,9,11-13H2,(H,28,31)/t16-,19?/m1/s1. The molecule has 8 nitrogen and oxygen atoms in total. The summed E-state index contributed by atoms with van der Waals surface area (Å²) < 4.78 is 21.8. The van der Waals surface area contributed by atoms with E-state index >= 15 is 0 Å². The van der Waals surface area contributed by atoms with Gasteiger partial charge in [0.1, 0.15) is 11.9 Å². The highest BCUT2D eigenvalue weighted by molar-refractivity contribution is 8.00. The van der Waals surface area contributed by atoms with E-state index in [-0.39, 0.29) is 29.4 Å². The molecule has 0 saturated carbocycles. The molecule has 180 valence electrons. The van der Waals surface area contributed by atoms with Gasteiger partial charge < -0.3 is 19.9 Å². The van der Waals surface area contributed by atoms with Crippen molar-refractivity contribution >= 4 is 46.0 Å². The van der Waals surface area contributed by atoms with E-state index in [1.165, 1.54) is 23.9 Å². The molecular weight excluding hydrogens is 471 g/mol. The number of hydrogen-bond acceptors (Lipinski definition) is 6. The quantitative estimate of drug-likeness (QED) is 0.509. The number of hydrogen-bond donors (Lipinski definition) is 2. The van der Waals surface area contributed by atoms with Crippen LogP contribution in [0.5, 0.6) is 0 Å². The minimum absolute atomic E-state index is 0.0552. The Labute approximate surface area is 204 Å². The number of pyridine rings is 1. The minimum atomic E-state index is -0.405. The van der Waals surface area contributed by atoms with E-state index in [0.717, 1.165) is 16.7 Å². The fourth-order valence-corrected chi connectivity index (χ4v) is 5.87. The Balaban J connectivity index is 1.06. The van der Waals surface area contributed by atoms with Crippen molar-refractivity contribution in [2.75, 3.05) is 29.1 Å². The van der Waals surface area contributed by atoms with Crippen LogP contribution in [0.25, 0.3) is 10.9 Å². The molecule has 3 aliphatic heterocycles. The van der Waals surface area contributed by atoms with Crippen molar-refractivity contribution in [2.24, 2.45) is 0 Å². The highest BCUT2D eigenvalue weighted by Gasteiger charge is 2.33. The molecule has 0 aliphatic carbocycles. The van der Waals surface area contributed by atoms with E-state index in [4.69, 9.17) is 4.74 Å². The average molecular weight is 495 g/mol. The molecule has 1 unspecified atom stereocenters. The molecule has 1 fully saturated rings. The summed E-state index contributed by atoms with van der Waals surface area (Å²) in [5, 5.41) is 7.07. The first-order valence-corrected chi connectivity index (χ1v) is 12.6. The maximum absolute atomic E-state index is 14.6. The SMILES string of the molecule is O=C1CSc2ccc(N3C[C@@H](CCCNC4Cn5c(=O)ccc6ccc(F)c4c65)OC3=O)cc2N1. The molecule has 2 aromatic carbocycles. The first-order chi connectivity index (χ1) is 17.0. The summed E-state index contributed by atoms with van der Waals surface area (Å²) in [5.41, 5.74) is 2.47. The van der Waals surface area contributed by atoms with Gasteiger partial charge in [-0.1, -0.05) is 0 Å². The number of amides is 2. The molecule has 0 spiro atoms. The summed E-state index contributed by atoms with van der Waals surface area (Å²) >= 11 is 1.47. The minimum Gasteiger partial charge on any atom is -0.444 e. The van der Waals surface area contributed by atoms with Crippen LogP contribution in [0.3, 0.4) is 0 Å². The van der Waals surface area contributed by atoms with Gasteiger partial charge in [-0.25, -0.2) is 9.18 Å². The average Bonchev–Trinajstić information content (AvgIpc) is 3.42. The van der Waals surface area contributed by atoms with Gasteiger partial charge in [0.25, 0.3) is 5.56 Å². The van der Waals surface area contributed by atoms with E-state index in [9.17, 15) is 18.8 Å². The van der Waals surface area contributed by atoms with Gasteiger partial charge in [0, 0.05) is 28.8 Å². The van der Waals surface area contributed by atoms with Crippen LogP contribution in [-0.2, 0) is 16.1 Å². The Morgan fingerprint density at radius 1 is 1.11 bits per heavy atom. The number of anilines is 2. The largest absolute Gasteiger partial charge is 0.444 e. The Kier molecular flexibility index (Phi) is 5.49. The van der Waals surface area contributed by atoms with Crippen molar-refractivity contribution in [3.8, 4) is 0 Å². The number of benzene rings is 2. The molecule has 1 aromatic heterocycles. The second kappa shape index (κ2) is 8.69. The lowest BCUT2D eigenvalue weighted by atomic mass is 10.1. The van der Waals surface area contributed by atoms with Crippen molar-refractivity contribution < 1.29 is 18.7 Å². The number of carbonyl (C=O) groups excluding carboxylic acids is 2. The number of aromatic nitrogens is 1. The molecule has 6 rings (SSSR count). The van der Waals surface area contributed by atoms with Crippen LogP contribution >= 0.6 is 11.8 Å². The molecule has 3 aromatic rings. The summed E-state index contributed by atoms with van der Waals surface area (Å²) in [5.74, 6) is 0.0203. The number of carbonyl (C=O) groups is 2. The second-order valence-corrected chi connectivity index (χ2v) is 9.98. The molecule has 0 bridgehead atoms. The number of cyclic esters (lactones) is 1. The van der Waals surface area contributed by atoms with Crippen LogP contribution in [0.15, 0.2) is 52.2 Å². The normalized spacial score (nSPS) is 20.8. The van der Waals surface area contributed by atoms with Gasteiger partial charge in [0.15, 0.2) is 0 Å². The number of rotatable bonds is 6. The number of thioether (sulfide) groups is 1. The van der Waals surface area contributed by atoms with Gasteiger partial charge in [0.2, 0.25) is 5.91 Å². The number of nitrogens with zero attached hydrogens (tertiary/aromatic N) is 2. The number of fused-ring (bicyclic) bond motifs is 1. The van der Waals surface area contributed by atoms with Crippen molar-refractivity contribution in [3.63, 3.8) is 0 Å². The zero-order valence-electron chi connectivity index (χ0n) is 18.8. The molecule has 10 heteroatoms. The molecule has 0 radical (unpaired) electrons. The first-order valence-electron chi connectivity index (χ1n) is 11.6. The summed E-state index contributed by atoms with van der Waals surface area (Å²) in [4.78, 5) is 39.0. The van der Waals surface area contributed by atoms with Gasteiger partial charge in [-0.15, -0.1) is 11.8 Å². The topological polar surface area (TPSA) is 92.7 Å². The zero-order valence-corrected chi connectivity index (χ0v) is 19.6. The van der Waals surface area contributed by atoms with Crippen LogP contribution in [0.2, 0.25) is 0 Å². The second-order valence-electron chi connectivity index (χ2n) is 8.96. The van der Waals surface area contributed by atoms with Crippen LogP contribution in [-0.4, -0.2) is 41.5 Å². The van der Waals surface area contributed by atoms with Crippen molar-refractivity contribution in [1.29, 1.82) is 0 Å². The van der Waals surface area contributed by atoms with E-state index in [0.29, 0.717) is 54.3 Å². The molecule has 4 heterocycles. The predicted molar refractivity (Wildman–Crippen MR) is 132 cm³/mol. The molecule has 1 saturated heterocycles. The molecule has 2 N–H and O–H groups in total. The molecule has 2 atom stereocenters. The molecule has 2 amide bonds. The zero-order chi connectivity index (χ0) is 24.1.